The van der Waals surface area contributed by atoms with Crippen LogP contribution in [0.25, 0.3) is 0 Å². The van der Waals surface area contributed by atoms with Gasteiger partial charge in [-0.1, -0.05) is 37.1 Å². The van der Waals surface area contributed by atoms with Crippen molar-refractivity contribution >= 4 is 23.6 Å². The van der Waals surface area contributed by atoms with Gasteiger partial charge in [-0.15, -0.1) is 0 Å². The van der Waals surface area contributed by atoms with Crippen LogP contribution in [0.1, 0.15) is 54.4 Å². The van der Waals surface area contributed by atoms with Crippen molar-refractivity contribution in [3.05, 3.63) is 59.7 Å². The van der Waals surface area contributed by atoms with Gasteiger partial charge in [-0.2, -0.15) is 0 Å². The second kappa shape index (κ2) is 17.1. The number of phenolic OH excluding ortho intramolecular Hbond substituents is 1. The Kier molecular flexibility index (Phi) is 13.3. The Morgan fingerprint density at radius 1 is 1.02 bits per heavy atom. The first-order chi connectivity index (χ1) is 20.6. The Hall–Kier alpha value is -4.12. The summed E-state index contributed by atoms with van der Waals surface area (Å²) in [7, 11) is 5.51. The standard InChI is InChI=1S/C32H45N5O6/c1-36(2)20-18-33-31(41)26-16-17-29(39)34-27(22-23-12-14-24(38)15-13-23)32(42)37(3)19-8-4-5-9-21-43-28-11-7-6-10-25(28)30(40)35-26/h6-7,10-15,26-27,38H,4-5,8-9,16-22H2,1-3H3,(H,33,41)(H,34,39)(H,35,40)/t26-,27-/m0/s1. The quantitative estimate of drug-likeness (QED) is 0.401. The molecule has 1 aliphatic rings. The van der Waals surface area contributed by atoms with Crippen molar-refractivity contribution in [1.82, 2.24) is 25.8 Å². The van der Waals surface area contributed by atoms with Crippen molar-refractivity contribution in [3.8, 4) is 11.5 Å². The van der Waals surface area contributed by atoms with E-state index in [0.29, 0.717) is 37.6 Å². The van der Waals surface area contributed by atoms with Crippen molar-refractivity contribution in [2.45, 2.75) is 57.0 Å². The van der Waals surface area contributed by atoms with Gasteiger partial charge in [-0.05, 0) is 63.2 Å². The van der Waals surface area contributed by atoms with Crippen LogP contribution >= 0.6 is 0 Å². The number of ether oxygens (including phenoxy) is 1. The number of hydrogen-bond donors (Lipinski definition) is 4. The summed E-state index contributed by atoms with van der Waals surface area (Å²) in [5, 5.41) is 18.1. The lowest BCUT2D eigenvalue weighted by Crippen LogP contribution is -2.50. The molecule has 0 fully saturated rings. The fourth-order valence-corrected chi connectivity index (χ4v) is 4.78. The first-order valence-electron chi connectivity index (χ1n) is 14.9. The second-order valence-electron chi connectivity index (χ2n) is 11.2. The van der Waals surface area contributed by atoms with Crippen LogP contribution in [0.15, 0.2) is 48.5 Å². The van der Waals surface area contributed by atoms with Crippen molar-refractivity contribution in [3.63, 3.8) is 0 Å². The summed E-state index contributed by atoms with van der Waals surface area (Å²) >= 11 is 0. The van der Waals surface area contributed by atoms with Crippen LogP contribution in [0, 0.1) is 0 Å². The highest BCUT2D eigenvalue weighted by Crippen LogP contribution is 2.19. The smallest absolute Gasteiger partial charge is 0.255 e. The summed E-state index contributed by atoms with van der Waals surface area (Å²) in [6.45, 7) is 1.95. The van der Waals surface area contributed by atoms with Gasteiger partial charge in [0.05, 0.1) is 12.2 Å². The van der Waals surface area contributed by atoms with E-state index >= 15 is 0 Å². The number of carbonyl (C=O) groups is 4. The third-order valence-electron chi connectivity index (χ3n) is 7.30. The minimum Gasteiger partial charge on any atom is -0.508 e. The molecular formula is C32H45N5O6. The van der Waals surface area contributed by atoms with E-state index in [1.165, 1.54) is 0 Å². The molecule has 2 atom stereocenters. The molecule has 2 aromatic carbocycles. The average molecular weight is 596 g/mol. The Labute approximate surface area is 254 Å². The minimum atomic E-state index is -0.982. The van der Waals surface area contributed by atoms with Gasteiger partial charge in [-0.3, -0.25) is 19.2 Å². The van der Waals surface area contributed by atoms with Crippen molar-refractivity contribution in [1.29, 1.82) is 0 Å². The molecule has 1 heterocycles. The van der Waals surface area contributed by atoms with Crippen molar-refractivity contribution in [2.24, 2.45) is 0 Å². The third kappa shape index (κ3) is 11.2. The van der Waals surface area contributed by atoms with Gasteiger partial charge >= 0.3 is 0 Å². The average Bonchev–Trinajstić information content (AvgIpc) is 2.98. The van der Waals surface area contributed by atoms with E-state index in [1.54, 1.807) is 60.5 Å². The van der Waals surface area contributed by atoms with E-state index in [9.17, 15) is 24.3 Å². The zero-order valence-corrected chi connectivity index (χ0v) is 25.4. The van der Waals surface area contributed by atoms with Gasteiger partial charge in [-0.25, -0.2) is 0 Å². The first-order valence-corrected chi connectivity index (χ1v) is 14.9. The zero-order chi connectivity index (χ0) is 31.2. The largest absolute Gasteiger partial charge is 0.508 e. The number of rotatable bonds is 6. The second-order valence-corrected chi connectivity index (χ2v) is 11.2. The third-order valence-corrected chi connectivity index (χ3v) is 7.30. The molecule has 0 spiro atoms. The highest BCUT2D eigenvalue weighted by Gasteiger charge is 2.27. The molecule has 2 aromatic rings. The molecule has 43 heavy (non-hydrogen) atoms. The molecule has 1 aliphatic heterocycles. The van der Waals surface area contributed by atoms with Gasteiger partial charge in [0.15, 0.2) is 0 Å². The van der Waals surface area contributed by atoms with Crippen LogP contribution in [0.2, 0.25) is 0 Å². The van der Waals surface area contributed by atoms with Crippen molar-refractivity contribution in [2.75, 3.05) is 47.4 Å². The van der Waals surface area contributed by atoms with Crippen LogP contribution in [0.3, 0.4) is 0 Å². The SMILES string of the molecule is CN(C)CCNC(=O)[C@@H]1CCC(=O)N[C@@H](Cc2ccc(O)cc2)C(=O)N(C)CCCCCCOc2ccccc2C(=O)N1. The number of fused-ring (bicyclic) bond motifs is 1. The zero-order valence-electron chi connectivity index (χ0n) is 25.4. The molecular weight excluding hydrogens is 550 g/mol. The van der Waals surface area contributed by atoms with Gasteiger partial charge in [0.1, 0.15) is 23.6 Å². The van der Waals surface area contributed by atoms with E-state index in [2.05, 4.69) is 16.0 Å². The van der Waals surface area contributed by atoms with Gasteiger partial charge in [0, 0.05) is 39.5 Å². The predicted molar refractivity (Wildman–Crippen MR) is 164 cm³/mol. The lowest BCUT2D eigenvalue weighted by Gasteiger charge is -2.25. The molecule has 0 unspecified atom stereocenters. The fraction of sp³-hybridized carbons (Fsp3) is 0.500. The van der Waals surface area contributed by atoms with E-state index in [-0.39, 0.29) is 30.9 Å². The minimum absolute atomic E-state index is 0.0321. The number of aromatic hydroxyl groups is 1. The molecule has 0 saturated carbocycles. The molecule has 11 heteroatoms. The molecule has 234 valence electrons. The van der Waals surface area contributed by atoms with E-state index < -0.39 is 29.8 Å². The molecule has 11 nitrogen and oxygen atoms in total. The topological polar surface area (TPSA) is 140 Å². The molecule has 4 amide bonds. The number of hydrogen-bond acceptors (Lipinski definition) is 7. The van der Waals surface area contributed by atoms with Crippen LogP contribution in [0.5, 0.6) is 11.5 Å². The number of likely N-dealkylation sites (N-methyl/N-ethyl adjacent to an activating group) is 2. The molecule has 0 saturated heterocycles. The number of para-hydroxylation sites is 1. The Morgan fingerprint density at radius 3 is 2.49 bits per heavy atom. The highest BCUT2D eigenvalue weighted by atomic mass is 16.5. The van der Waals surface area contributed by atoms with Crippen LogP contribution in [0.4, 0.5) is 0 Å². The maximum absolute atomic E-state index is 13.4. The lowest BCUT2D eigenvalue weighted by molar-refractivity contribution is -0.135. The molecule has 4 N–H and O–H groups in total. The van der Waals surface area contributed by atoms with E-state index in [1.807, 2.05) is 19.0 Å². The Morgan fingerprint density at radius 2 is 1.74 bits per heavy atom. The molecule has 0 aliphatic carbocycles. The van der Waals surface area contributed by atoms with Crippen LogP contribution in [-0.2, 0) is 20.8 Å². The number of nitrogens with one attached hydrogen (secondary N) is 3. The summed E-state index contributed by atoms with van der Waals surface area (Å²) in [4.78, 5) is 56.7. The normalized spacial score (nSPS) is 19.6. The van der Waals surface area contributed by atoms with Crippen molar-refractivity contribution < 1.29 is 29.0 Å². The summed E-state index contributed by atoms with van der Waals surface area (Å²) in [5.41, 5.74) is 1.10. The Bertz CT molecular complexity index is 1220. The summed E-state index contributed by atoms with van der Waals surface area (Å²) in [6, 6.07) is 11.6. The first kappa shape index (κ1) is 33.4. The molecule has 0 radical (unpaired) electrons. The number of nitrogens with zero attached hydrogens (tertiary/aromatic N) is 2. The summed E-state index contributed by atoms with van der Waals surface area (Å²) < 4.78 is 5.93. The highest BCUT2D eigenvalue weighted by molar-refractivity contribution is 5.99. The number of amides is 4. The molecule has 0 aromatic heterocycles. The van der Waals surface area contributed by atoms with Gasteiger partial charge in [0.2, 0.25) is 17.7 Å². The predicted octanol–water partition coefficient (Wildman–Crippen LogP) is 2.09. The van der Waals surface area contributed by atoms with Crippen LogP contribution < -0.4 is 20.7 Å². The number of benzene rings is 2. The summed E-state index contributed by atoms with van der Waals surface area (Å²) in [5.74, 6) is -0.948. The maximum atomic E-state index is 13.4. The van der Waals surface area contributed by atoms with E-state index in [0.717, 1.165) is 31.2 Å². The number of phenols is 1. The number of carbonyl (C=O) groups excluding carboxylic acids is 4. The van der Waals surface area contributed by atoms with Crippen LogP contribution in [-0.4, -0.2) is 98.0 Å². The maximum Gasteiger partial charge on any atom is 0.255 e. The summed E-state index contributed by atoms with van der Waals surface area (Å²) in [6.07, 6.45) is 3.55. The molecule has 3 rings (SSSR count). The van der Waals surface area contributed by atoms with Gasteiger partial charge < -0.3 is 35.6 Å². The Balaban J connectivity index is 1.82. The monoisotopic (exact) mass is 595 g/mol. The van der Waals surface area contributed by atoms with E-state index in [4.69, 9.17) is 4.74 Å². The lowest BCUT2D eigenvalue weighted by atomic mass is 10.0. The molecule has 0 bridgehead atoms. The fourth-order valence-electron chi connectivity index (χ4n) is 4.78. The van der Waals surface area contributed by atoms with Gasteiger partial charge in [0.25, 0.3) is 5.91 Å².